The first-order valence-electron chi connectivity index (χ1n) is 6.61. The highest BCUT2D eigenvalue weighted by molar-refractivity contribution is 6.31. The maximum absolute atomic E-state index is 8.64. The van der Waals surface area contributed by atoms with Gasteiger partial charge in [0.2, 0.25) is 0 Å². The van der Waals surface area contributed by atoms with E-state index in [1.807, 2.05) is 12.1 Å². The van der Waals surface area contributed by atoms with Crippen LogP contribution in [0.25, 0.3) is 0 Å². The lowest BCUT2D eigenvalue weighted by Crippen LogP contribution is -2.49. The number of nitrogens with zero attached hydrogens (tertiary/aromatic N) is 1. The monoisotopic (exact) mass is 281 g/mol. The van der Waals surface area contributed by atoms with Gasteiger partial charge in [-0.3, -0.25) is 0 Å². The van der Waals surface area contributed by atoms with Crippen molar-refractivity contribution < 1.29 is 5.21 Å². The van der Waals surface area contributed by atoms with Gasteiger partial charge in [-0.05, 0) is 37.3 Å². The molecule has 0 atom stereocenters. The van der Waals surface area contributed by atoms with Gasteiger partial charge in [0.1, 0.15) is 0 Å². The smallest absolute Gasteiger partial charge is 0.170 e. The fourth-order valence-corrected chi connectivity index (χ4v) is 2.70. The largest absolute Gasteiger partial charge is 0.409 e. The number of nitrogens with two attached hydrogens (primary N) is 1. The molecule has 0 radical (unpaired) electrons. The molecule has 0 unspecified atom stereocenters. The molecule has 0 heterocycles. The average molecular weight is 282 g/mol. The summed E-state index contributed by atoms with van der Waals surface area (Å²) < 4.78 is 0. The van der Waals surface area contributed by atoms with Gasteiger partial charge in [-0.1, -0.05) is 35.8 Å². The van der Waals surface area contributed by atoms with Crippen LogP contribution in [-0.2, 0) is 6.54 Å². The molecule has 5 heteroatoms. The maximum atomic E-state index is 8.64. The van der Waals surface area contributed by atoms with Crippen LogP contribution in [0, 0.1) is 0 Å². The predicted octanol–water partition coefficient (Wildman–Crippen LogP) is 2.86. The van der Waals surface area contributed by atoms with Crippen molar-refractivity contribution in [3.8, 4) is 0 Å². The number of oxime groups is 1. The Morgan fingerprint density at radius 3 is 2.74 bits per heavy atom. The van der Waals surface area contributed by atoms with Crippen LogP contribution in [0.3, 0.4) is 0 Å². The van der Waals surface area contributed by atoms with Gasteiger partial charge in [0.25, 0.3) is 0 Å². The van der Waals surface area contributed by atoms with Gasteiger partial charge in [0.15, 0.2) is 5.84 Å². The summed E-state index contributed by atoms with van der Waals surface area (Å²) in [6.45, 7) is 2.97. The Balaban J connectivity index is 2.05. The number of rotatable bonds is 5. The van der Waals surface area contributed by atoms with Crippen LogP contribution >= 0.6 is 11.6 Å². The zero-order chi connectivity index (χ0) is 13.9. The molecule has 1 aromatic rings. The van der Waals surface area contributed by atoms with E-state index in [0.29, 0.717) is 16.1 Å². The normalized spacial score (nSPS) is 18.1. The van der Waals surface area contributed by atoms with Crippen molar-refractivity contribution in [1.82, 2.24) is 5.32 Å². The number of amidine groups is 1. The zero-order valence-electron chi connectivity index (χ0n) is 11.1. The molecule has 19 heavy (non-hydrogen) atoms. The first kappa shape index (κ1) is 14.2. The molecule has 1 fully saturated rings. The van der Waals surface area contributed by atoms with Crippen molar-refractivity contribution in [3.63, 3.8) is 0 Å². The first-order valence-corrected chi connectivity index (χ1v) is 6.99. The minimum Gasteiger partial charge on any atom is -0.409 e. The molecule has 0 amide bonds. The van der Waals surface area contributed by atoms with E-state index in [1.165, 1.54) is 19.3 Å². The van der Waals surface area contributed by atoms with Crippen LogP contribution in [0.15, 0.2) is 23.4 Å². The lowest BCUT2D eigenvalue weighted by Gasteiger charge is -2.42. The van der Waals surface area contributed by atoms with Crippen LogP contribution in [0.2, 0.25) is 5.02 Å². The topological polar surface area (TPSA) is 70.6 Å². The van der Waals surface area contributed by atoms with Crippen molar-refractivity contribution in [1.29, 1.82) is 0 Å². The quantitative estimate of drug-likeness (QED) is 0.336. The van der Waals surface area contributed by atoms with Gasteiger partial charge in [-0.2, -0.15) is 0 Å². The summed E-state index contributed by atoms with van der Waals surface area (Å²) in [5.41, 5.74) is 7.50. The third-order valence-corrected chi connectivity index (χ3v) is 4.45. The summed E-state index contributed by atoms with van der Waals surface area (Å²) in [7, 11) is 0. The summed E-state index contributed by atoms with van der Waals surface area (Å²) in [5, 5.41) is 15.9. The van der Waals surface area contributed by atoms with Crippen LogP contribution < -0.4 is 11.1 Å². The summed E-state index contributed by atoms with van der Waals surface area (Å²) in [4.78, 5) is 0. The molecule has 1 saturated carbocycles. The van der Waals surface area contributed by atoms with E-state index < -0.39 is 0 Å². The van der Waals surface area contributed by atoms with Crippen molar-refractivity contribution in [2.75, 3.05) is 0 Å². The van der Waals surface area contributed by atoms with Crippen LogP contribution in [-0.4, -0.2) is 16.6 Å². The van der Waals surface area contributed by atoms with Gasteiger partial charge in [0.05, 0.1) is 0 Å². The van der Waals surface area contributed by atoms with Crippen LogP contribution in [0.1, 0.15) is 43.7 Å². The van der Waals surface area contributed by atoms with E-state index in [-0.39, 0.29) is 5.84 Å². The fraction of sp³-hybridized carbons (Fsp3) is 0.500. The van der Waals surface area contributed by atoms with Crippen LogP contribution in [0.4, 0.5) is 0 Å². The van der Waals surface area contributed by atoms with Gasteiger partial charge in [-0.15, -0.1) is 0 Å². The standard InChI is InChI=1S/C14H20ClN3O/c1-2-14(6-3-7-14)17-9-11-5-4-10(8-12(11)15)13(16)18-19/h4-5,8,17,19H,2-3,6-7,9H2,1H3,(H2,16,18). The molecule has 1 aliphatic rings. The lowest BCUT2D eigenvalue weighted by molar-refractivity contribution is 0.175. The van der Waals surface area contributed by atoms with Crippen molar-refractivity contribution >= 4 is 17.4 Å². The molecule has 4 N–H and O–H groups in total. The molecule has 1 aliphatic carbocycles. The van der Waals surface area contributed by atoms with Gasteiger partial charge in [0, 0.05) is 22.7 Å². The molecule has 2 rings (SSSR count). The highest BCUT2D eigenvalue weighted by atomic mass is 35.5. The van der Waals surface area contributed by atoms with E-state index in [9.17, 15) is 0 Å². The number of benzene rings is 1. The Labute approximate surface area is 118 Å². The summed E-state index contributed by atoms with van der Waals surface area (Å²) in [6, 6.07) is 5.47. The molecule has 1 aromatic carbocycles. The number of hydrogen-bond acceptors (Lipinski definition) is 3. The van der Waals surface area contributed by atoms with Crippen molar-refractivity contribution in [2.45, 2.75) is 44.7 Å². The van der Waals surface area contributed by atoms with Gasteiger partial charge >= 0.3 is 0 Å². The summed E-state index contributed by atoms with van der Waals surface area (Å²) in [6.07, 6.45) is 4.93. The van der Waals surface area contributed by atoms with Gasteiger partial charge in [-0.25, -0.2) is 0 Å². The highest BCUT2D eigenvalue weighted by Crippen LogP contribution is 2.35. The summed E-state index contributed by atoms with van der Waals surface area (Å²) in [5.74, 6) is 0.0745. The van der Waals surface area contributed by atoms with Crippen molar-refractivity contribution in [2.24, 2.45) is 10.9 Å². The number of hydrogen-bond donors (Lipinski definition) is 3. The molecule has 0 aromatic heterocycles. The first-order chi connectivity index (χ1) is 9.10. The van der Waals surface area contributed by atoms with E-state index in [1.54, 1.807) is 6.07 Å². The summed E-state index contributed by atoms with van der Waals surface area (Å²) >= 11 is 6.23. The highest BCUT2D eigenvalue weighted by Gasteiger charge is 2.34. The Morgan fingerprint density at radius 2 is 2.26 bits per heavy atom. The molecular weight excluding hydrogens is 262 g/mol. The third-order valence-electron chi connectivity index (χ3n) is 4.10. The number of halogens is 1. The second-order valence-electron chi connectivity index (χ2n) is 5.13. The third kappa shape index (κ3) is 3.01. The van der Waals surface area contributed by atoms with E-state index in [2.05, 4.69) is 17.4 Å². The van der Waals surface area contributed by atoms with E-state index >= 15 is 0 Å². The molecule has 0 saturated heterocycles. The molecule has 0 bridgehead atoms. The Bertz CT molecular complexity index is 478. The predicted molar refractivity (Wildman–Crippen MR) is 77.7 cm³/mol. The fourth-order valence-electron chi connectivity index (χ4n) is 2.45. The Hall–Kier alpha value is -1.26. The molecule has 0 spiro atoms. The molecule has 0 aliphatic heterocycles. The minimum atomic E-state index is 0.0745. The minimum absolute atomic E-state index is 0.0745. The Morgan fingerprint density at radius 1 is 1.53 bits per heavy atom. The molecular formula is C14H20ClN3O. The molecule has 4 nitrogen and oxygen atoms in total. The SMILES string of the molecule is CCC1(NCc2ccc(/C(N)=N/O)cc2Cl)CCC1. The lowest BCUT2D eigenvalue weighted by atomic mass is 9.75. The van der Waals surface area contributed by atoms with E-state index in [0.717, 1.165) is 18.5 Å². The van der Waals surface area contributed by atoms with E-state index in [4.69, 9.17) is 22.5 Å². The zero-order valence-corrected chi connectivity index (χ0v) is 11.9. The second-order valence-corrected chi connectivity index (χ2v) is 5.54. The van der Waals surface area contributed by atoms with Gasteiger partial charge < -0.3 is 16.3 Å². The van der Waals surface area contributed by atoms with Crippen LogP contribution in [0.5, 0.6) is 0 Å². The van der Waals surface area contributed by atoms with Crippen molar-refractivity contribution in [3.05, 3.63) is 34.3 Å². The number of nitrogens with one attached hydrogen (secondary N) is 1. The second kappa shape index (κ2) is 5.80. The molecule has 104 valence electrons. The average Bonchev–Trinajstić information content (AvgIpc) is 2.38. The Kier molecular flexibility index (Phi) is 4.32. The maximum Gasteiger partial charge on any atom is 0.170 e.